The second-order valence-electron chi connectivity index (χ2n) is 19.3. The minimum Gasteiger partial charge on any atom is -0.394 e. The Morgan fingerprint density at radius 1 is 0.397 bits per heavy atom. The summed E-state index contributed by atoms with van der Waals surface area (Å²) < 4.78 is 0. The van der Waals surface area contributed by atoms with Crippen LogP contribution in [0.5, 0.6) is 0 Å². The molecule has 0 heterocycles. The van der Waals surface area contributed by atoms with E-state index in [1.807, 2.05) is 0 Å². The van der Waals surface area contributed by atoms with E-state index in [1.165, 1.54) is 225 Å². The molecular formula is C59H111NO3. The maximum absolute atomic E-state index is 12.5. The fourth-order valence-electron chi connectivity index (χ4n) is 8.83. The number of allylic oxidation sites excluding steroid dienone is 8. The minimum absolute atomic E-state index is 0.0279. The van der Waals surface area contributed by atoms with Crippen molar-refractivity contribution in [1.29, 1.82) is 0 Å². The van der Waals surface area contributed by atoms with Gasteiger partial charge in [-0.25, -0.2) is 0 Å². The van der Waals surface area contributed by atoms with Gasteiger partial charge in [-0.1, -0.05) is 294 Å². The molecule has 4 nitrogen and oxygen atoms in total. The fourth-order valence-corrected chi connectivity index (χ4v) is 8.83. The summed E-state index contributed by atoms with van der Waals surface area (Å²) in [5, 5.41) is 23.4. The lowest BCUT2D eigenvalue weighted by molar-refractivity contribution is -0.123. The molecule has 0 aromatic rings. The van der Waals surface area contributed by atoms with Crippen LogP contribution in [0.4, 0.5) is 0 Å². The van der Waals surface area contributed by atoms with Crippen LogP contribution in [0, 0.1) is 0 Å². The van der Waals surface area contributed by atoms with E-state index >= 15 is 0 Å². The quantitative estimate of drug-likeness (QED) is 0.0421. The van der Waals surface area contributed by atoms with Gasteiger partial charge >= 0.3 is 0 Å². The Morgan fingerprint density at radius 2 is 0.698 bits per heavy atom. The van der Waals surface area contributed by atoms with E-state index in [0.717, 1.165) is 51.4 Å². The van der Waals surface area contributed by atoms with Gasteiger partial charge in [0.1, 0.15) is 0 Å². The van der Waals surface area contributed by atoms with Crippen LogP contribution in [0.3, 0.4) is 0 Å². The third-order valence-corrected chi connectivity index (χ3v) is 13.1. The Balaban J connectivity index is 3.44. The predicted molar refractivity (Wildman–Crippen MR) is 281 cm³/mol. The lowest BCUT2D eigenvalue weighted by Crippen LogP contribution is -2.45. The van der Waals surface area contributed by atoms with E-state index in [4.69, 9.17) is 0 Å². The Bertz CT molecular complexity index is 1000. The first-order valence-electron chi connectivity index (χ1n) is 28.3. The Labute approximate surface area is 394 Å². The summed E-state index contributed by atoms with van der Waals surface area (Å²) in [6.07, 6.45) is 75.3. The smallest absolute Gasteiger partial charge is 0.220 e. The first-order chi connectivity index (χ1) is 31.2. The van der Waals surface area contributed by atoms with Crippen LogP contribution in [0.2, 0.25) is 0 Å². The highest BCUT2D eigenvalue weighted by Gasteiger charge is 2.20. The largest absolute Gasteiger partial charge is 0.394 e. The van der Waals surface area contributed by atoms with Crippen LogP contribution in [-0.4, -0.2) is 34.9 Å². The number of amides is 1. The fraction of sp³-hybridized carbons (Fsp3) is 0.847. The summed E-state index contributed by atoms with van der Waals surface area (Å²) in [6, 6.07) is -0.537. The Morgan fingerprint density at radius 3 is 1.05 bits per heavy atom. The third kappa shape index (κ3) is 51.2. The first-order valence-corrected chi connectivity index (χ1v) is 28.3. The lowest BCUT2D eigenvalue weighted by Gasteiger charge is -2.22. The molecule has 0 aromatic carbocycles. The number of hydrogen-bond donors (Lipinski definition) is 3. The standard InChI is InChI=1S/C59H111NO3/c1-3-5-7-9-11-13-15-17-19-21-23-25-27-28-29-30-31-32-33-35-37-39-41-43-45-47-49-51-53-55-59(63)60-57(56-61)58(62)54-52-50-48-46-44-42-40-38-36-34-26-24-22-20-18-16-14-12-10-8-6-4-2/h5,7,11,13,17,19,23,25,57-58,61-62H,3-4,6,8-10,12,14-16,18,20-22,24,26-56H2,1-2H3,(H,60,63)/b7-5-,13-11-,19-17-,25-23-. The van der Waals surface area contributed by atoms with E-state index in [-0.39, 0.29) is 12.5 Å². The van der Waals surface area contributed by atoms with Crippen LogP contribution < -0.4 is 5.32 Å². The van der Waals surface area contributed by atoms with Gasteiger partial charge in [-0.2, -0.15) is 0 Å². The molecule has 370 valence electrons. The molecule has 0 aliphatic carbocycles. The van der Waals surface area contributed by atoms with Gasteiger partial charge in [-0.3, -0.25) is 4.79 Å². The Hall–Kier alpha value is -1.65. The monoisotopic (exact) mass is 882 g/mol. The predicted octanol–water partition coefficient (Wildman–Crippen LogP) is 18.6. The topological polar surface area (TPSA) is 69.6 Å². The van der Waals surface area contributed by atoms with E-state index in [2.05, 4.69) is 67.8 Å². The number of rotatable bonds is 52. The van der Waals surface area contributed by atoms with Gasteiger partial charge in [0.15, 0.2) is 0 Å². The normalized spacial score (nSPS) is 13.1. The van der Waals surface area contributed by atoms with Gasteiger partial charge in [0.25, 0.3) is 0 Å². The summed E-state index contributed by atoms with van der Waals surface area (Å²) in [6.45, 7) is 4.28. The molecule has 2 atom stereocenters. The van der Waals surface area contributed by atoms with Crippen LogP contribution in [0.1, 0.15) is 303 Å². The van der Waals surface area contributed by atoms with Gasteiger partial charge in [-0.15, -0.1) is 0 Å². The first kappa shape index (κ1) is 61.4. The summed E-state index contributed by atoms with van der Waals surface area (Å²) in [5.74, 6) is -0.0279. The number of nitrogens with one attached hydrogen (secondary N) is 1. The maximum Gasteiger partial charge on any atom is 0.220 e. The second-order valence-corrected chi connectivity index (χ2v) is 19.3. The second kappa shape index (κ2) is 54.7. The van der Waals surface area contributed by atoms with E-state index in [9.17, 15) is 15.0 Å². The van der Waals surface area contributed by atoms with Gasteiger partial charge in [0, 0.05) is 6.42 Å². The van der Waals surface area contributed by atoms with Gasteiger partial charge < -0.3 is 15.5 Å². The van der Waals surface area contributed by atoms with Gasteiger partial charge in [-0.05, 0) is 51.4 Å². The van der Waals surface area contributed by atoms with Crippen molar-refractivity contribution in [1.82, 2.24) is 5.32 Å². The van der Waals surface area contributed by atoms with Crippen molar-refractivity contribution in [2.75, 3.05) is 6.61 Å². The average molecular weight is 883 g/mol. The molecule has 0 bridgehead atoms. The number of aliphatic hydroxyl groups excluding tert-OH is 2. The molecule has 2 unspecified atom stereocenters. The van der Waals surface area contributed by atoms with Crippen LogP contribution in [0.25, 0.3) is 0 Å². The lowest BCUT2D eigenvalue weighted by atomic mass is 10.0. The maximum atomic E-state index is 12.5. The third-order valence-electron chi connectivity index (χ3n) is 13.1. The zero-order chi connectivity index (χ0) is 45.6. The number of aliphatic hydroxyl groups is 2. The number of carbonyl (C=O) groups is 1. The Kier molecular flexibility index (Phi) is 53.3. The molecule has 0 spiro atoms. The van der Waals surface area contributed by atoms with E-state index in [1.54, 1.807) is 0 Å². The molecule has 0 saturated heterocycles. The van der Waals surface area contributed by atoms with Crippen LogP contribution in [-0.2, 0) is 4.79 Å². The molecule has 0 saturated carbocycles. The number of carbonyl (C=O) groups excluding carboxylic acids is 1. The molecule has 0 rings (SSSR count). The highest BCUT2D eigenvalue weighted by Crippen LogP contribution is 2.18. The van der Waals surface area contributed by atoms with Crippen molar-refractivity contribution in [2.24, 2.45) is 0 Å². The van der Waals surface area contributed by atoms with Crippen molar-refractivity contribution in [3.05, 3.63) is 48.6 Å². The SMILES string of the molecule is CC/C=C\C/C=C\C/C=C\C/C=C\CCCCCCCCCCCCCCCCCCC(=O)NC(CO)C(O)CCCCCCCCCCCCCCCCCCCCCCCC. The molecule has 1 amide bonds. The minimum atomic E-state index is -0.660. The van der Waals surface area contributed by atoms with E-state index in [0.29, 0.717) is 12.8 Å². The molecule has 0 aromatic heterocycles. The van der Waals surface area contributed by atoms with Crippen molar-refractivity contribution in [3.63, 3.8) is 0 Å². The van der Waals surface area contributed by atoms with Crippen molar-refractivity contribution >= 4 is 5.91 Å². The van der Waals surface area contributed by atoms with Crippen LogP contribution in [0.15, 0.2) is 48.6 Å². The highest BCUT2D eigenvalue weighted by atomic mass is 16.3. The zero-order valence-corrected chi connectivity index (χ0v) is 42.6. The number of hydrogen-bond acceptors (Lipinski definition) is 3. The van der Waals surface area contributed by atoms with Crippen molar-refractivity contribution in [3.8, 4) is 0 Å². The molecule has 0 aliphatic rings. The summed E-state index contributed by atoms with van der Waals surface area (Å²) in [5.41, 5.74) is 0. The molecule has 0 aliphatic heterocycles. The van der Waals surface area contributed by atoms with Gasteiger partial charge in [0.05, 0.1) is 18.8 Å². The van der Waals surface area contributed by atoms with Crippen molar-refractivity contribution < 1.29 is 15.0 Å². The molecule has 0 radical (unpaired) electrons. The summed E-state index contributed by atoms with van der Waals surface area (Å²) in [4.78, 5) is 12.5. The highest BCUT2D eigenvalue weighted by molar-refractivity contribution is 5.76. The van der Waals surface area contributed by atoms with Crippen molar-refractivity contribution in [2.45, 2.75) is 315 Å². The number of unbranched alkanes of at least 4 members (excludes halogenated alkanes) is 37. The molecule has 3 N–H and O–H groups in total. The zero-order valence-electron chi connectivity index (χ0n) is 42.6. The molecular weight excluding hydrogens is 771 g/mol. The van der Waals surface area contributed by atoms with E-state index < -0.39 is 12.1 Å². The summed E-state index contributed by atoms with van der Waals surface area (Å²) >= 11 is 0. The molecule has 4 heteroatoms. The molecule has 0 fully saturated rings. The average Bonchev–Trinajstić information content (AvgIpc) is 3.29. The van der Waals surface area contributed by atoms with Gasteiger partial charge in [0.2, 0.25) is 5.91 Å². The molecule has 63 heavy (non-hydrogen) atoms. The van der Waals surface area contributed by atoms with Crippen LogP contribution >= 0.6 is 0 Å². The summed E-state index contributed by atoms with van der Waals surface area (Å²) in [7, 11) is 0.